The minimum atomic E-state index is -0.378. The van der Waals surface area contributed by atoms with Crippen LogP contribution < -0.4 is 4.90 Å². The third-order valence-corrected chi connectivity index (χ3v) is 2.73. The second kappa shape index (κ2) is 4.70. The largest absolute Gasteiger partial charge is 0.378 e. The third-order valence-electron chi connectivity index (χ3n) is 2.73. The zero-order valence-electron chi connectivity index (χ0n) is 10.00. The first-order valence-electron chi connectivity index (χ1n) is 5.66. The van der Waals surface area contributed by atoms with Gasteiger partial charge in [0.2, 0.25) is 5.82 Å². The normalized spacial score (nSPS) is 16.5. The molecule has 7 nitrogen and oxygen atoms in total. The Hall–Kier alpha value is -1.63. The first kappa shape index (κ1) is 11.8. The molecule has 1 aromatic heterocycles. The molecule has 0 amide bonds. The Labute approximate surface area is 99.1 Å². The van der Waals surface area contributed by atoms with Crippen molar-refractivity contribution in [2.45, 2.75) is 19.9 Å². The monoisotopic (exact) mass is 240 g/mol. The third kappa shape index (κ3) is 2.38. The number of morpholine rings is 1. The topological polar surface area (TPSA) is 73.4 Å². The lowest BCUT2D eigenvalue weighted by atomic mass is 10.4. The van der Waals surface area contributed by atoms with Crippen LogP contribution >= 0.6 is 0 Å². The molecule has 0 spiro atoms. The van der Waals surface area contributed by atoms with Crippen LogP contribution in [0.25, 0.3) is 0 Å². The maximum Gasteiger partial charge on any atom is 0.330 e. The SMILES string of the molecule is CC(C)n1cc([N+](=O)[O-])c(N2CCOCC2)n1. The van der Waals surface area contributed by atoms with Gasteiger partial charge in [0.15, 0.2) is 0 Å². The van der Waals surface area contributed by atoms with E-state index in [4.69, 9.17) is 4.74 Å². The van der Waals surface area contributed by atoms with E-state index in [0.29, 0.717) is 32.1 Å². The molecule has 0 N–H and O–H groups in total. The Balaban J connectivity index is 2.32. The van der Waals surface area contributed by atoms with Crippen molar-refractivity contribution in [3.05, 3.63) is 16.3 Å². The van der Waals surface area contributed by atoms with E-state index in [1.54, 1.807) is 4.68 Å². The van der Waals surface area contributed by atoms with Crippen LogP contribution in [0.1, 0.15) is 19.9 Å². The summed E-state index contributed by atoms with van der Waals surface area (Å²) < 4.78 is 6.86. The quantitative estimate of drug-likeness (QED) is 0.586. The maximum atomic E-state index is 11.0. The standard InChI is InChI=1S/C10H16N4O3/c1-8(2)13-7-9(14(15)16)10(11-13)12-3-5-17-6-4-12/h7-8H,3-6H2,1-2H3. The number of ether oxygens (including phenoxy) is 1. The van der Waals surface area contributed by atoms with Gasteiger partial charge in [-0.25, -0.2) is 0 Å². The van der Waals surface area contributed by atoms with E-state index in [0.717, 1.165) is 0 Å². The van der Waals surface area contributed by atoms with E-state index in [1.165, 1.54) is 6.20 Å². The Morgan fingerprint density at radius 2 is 2.12 bits per heavy atom. The van der Waals surface area contributed by atoms with Gasteiger partial charge in [-0.3, -0.25) is 14.8 Å². The second-order valence-electron chi connectivity index (χ2n) is 4.27. The van der Waals surface area contributed by atoms with Gasteiger partial charge in [0.05, 0.1) is 18.1 Å². The van der Waals surface area contributed by atoms with Crippen molar-refractivity contribution in [1.82, 2.24) is 9.78 Å². The van der Waals surface area contributed by atoms with Gasteiger partial charge in [0, 0.05) is 19.1 Å². The van der Waals surface area contributed by atoms with Crippen LogP contribution in [0.4, 0.5) is 11.5 Å². The summed E-state index contributed by atoms with van der Waals surface area (Å²) in [6.45, 7) is 6.36. The summed E-state index contributed by atoms with van der Waals surface area (Å²) in [5, 5.41) is 15.3. The summed E-state index contributed by atoms with van der Waals surface area (Å²) in [5.41, 5.74) is 0.0700. The number of nitrogens with zero attached hydrogens (tertiary/aromatic N) is 4. The molecule has 0 unspecified atom stereocenters. The number of hydrogen-bond acceptors (Lipinski definition) is 5. The fourth-order valence-electron chi connectivity index (χ4n) is 1.77. The van der Waals surface area contributed by atoms with Crippen LogP contribution in [0.15, 0.2) is 6.20 Å². The summed E-state index contributed by atoms with van der Waals surface area (Å²) in [6.07, 6.45) is 1.50. The second-order valence-corrected chi connectivity index (χ2v) is 4.27. The summed E-state index contributed by atoms with van der Waals surface area (Å²) in [4.78, 5) is 12.5. The molecule has 0 aliphatic carbocycles. The Morgan fingerprint density at radius 3 is 2.65 bits per heavy atom. The predicted octanol–water partition coefficient (Wildman–Crippen LogP) is 1.21. The number of rotatable bonds is 3. The molecular weight excluding hydrogens is 224 g/mol. The fraction of sp³-hybridized carbons (Fsp3) is 0.700. The molecule has 2 heterocycles. The molecule has 1 aliphatic heterocycles. The van der Waals surface area contributed by atoms with Gasteiger partial charge >= 0.3 is 5.69 Å². The molecule has 0 radical (unpaired) electrons. The summed E-state index contributed by atoms with van der Waals surface area (Å²) in [7, 11) is 0. The Kier molecular flexibility index (Phi) is 3.28. The van der Waals surface area contributed by atoms with Crippen molar-refractivity contribution < 1.29 is 9.66 Å². The highest BCUT2D eigenvalue weighted by atomic mass is 16.6. The smallest absolute Gasteiger partial charge is 0.330 e. The van der Waals surface area contributed by atoms with Crippen molar-refractivity contribution >= 4 is 11.5 Å². The van der Waals surface area contributed by atoms with E-state index in [9.17, 15) is 10.1 Å². The molecule has 7 heteroatoms. The van der Waals surface area contributed by atoms with Crippen LogP contribution in [0.5, 0.6) is 0 Å². The molecule has 2 rings (SSSR count). The van der Waals surface area contributed by atoms with Gasteiger partial charge in [-0.15, -0.1) is 5.10 Å². The highest BCUT2D eigenvalue weighted by Crippen LogP contribution is 2.28. The molecule has 1 aromatic rings. The zero-order valence-corrected chi connectivity index (χ0v) is 10.00. The highest BCUT2D eigenvalue weighted by molar-refractivity contribution is 5.57. The van der Waals surface area contributed by atoms with Crippen LogP contribution in [0.3, 0.4) is 0 Å². The number of aromatic nitrogens is 2. The van der Waals surface area contributed by atoms with E-state index < -0.39 is 0 Å². The lowest BCUT2D eigenvalue weighted by Crippen LogP contribution is -2.36. The number of hydrogen-bond donors (Lipinski definition) is 0. The number of nitro groups is 1. The first-order valence-corrected chi connectivity index (χ1v) is 5.66. The van der Waals surface area contributed by atoms with Gasteiger partial charge in [0.25, 0.3) is 0 Å². The molecule has 1 saturated heterocycles. The minimum Gasteiger partial charge on any atom is -0.378 e. The van der Waals surface area contributed by atoms with Gasteiger partial charge in [0.1, 0.15) is 6.20 Å². The van der Waals surface area contributed by atoms with Gasteiger partial charge in [-0.1, -0.05) is 0 Å². The van der Waals surface area contributed by atoms with Crippen molar-refractivity contribution in [2.75, 3.05) is 31.2 Å². The summed E-state index contributed by atoms with van der Waals surface area (Å²) in [6, 6.07) is 0.114. The lowest BCUT2D eigenvalue weighted by Gasteiger charge is -2.26. The van der Waals surface area contributed by atoms with E-state index in [-0.39, 0.29) is 16.7 Å². The fourth-order valence-corrected chi connectivity index (χ4v) is 1.77. The van der Waals surface area contributed by atoms with Crippen LogP contribution in [-0.4, -0.2) is 41.0 Å². The lowest BCUT2D eigenvalue weighted by molar-refractivity contribution is -0.384. The van der Waals surface area contributed by atoms with Gasteiger partial charge < -0.3 is 9.64 Å². The summed E-state index contributed by atoms with van der Waals surface area (Å²) >= 11 is 0. The molecule has 0 atom stereocenters. The molecule has 0 aromatic carbocycles. The van der Waals surface area contributed by atoms with E-state index in [2.05, 4.69) is 5.10 Å². The minimum absolute atomic E-state index is 0.0700. The molecule has 17 heavy (non-hydrogen) atoms. The zero-order chi connectivity index (χ0) is 12.4. The van der Waals surface area contributed by atoms with Crippen molar-refractivity contribution in [1.29, 1.82) is 0 Å². The average molecular weight is 240 g/mol. The van der Waals surface area contributed by atoms with Crippen molar-refractivity contribution in [3.8, 4) is 0 Å². The maximum absolute atomic E-state index is 11.0. The van der Waals surface area contributed by atoms with Crippen LogP contribution in [-0.2, 0) is 4.74 Å². The highest BCUT2D eigenvalue weighted by Gasteiger charge is 2.26. The number of anilines is 1. The van der Waals surface area contributed by atoms with Gasteiger partial charge in [-0.2, -0.15) is 0 Å². The van der Waals surface area contributed by atoms with Crippen molar-refractivity contribution in [2.24, 2.45) is 0 Å². The van der Waals surface area contributed by atoms with Gasteiger partial charge in [-0.05, 0) is 13.8 Å². The average Bonchev–Trinajstić information content (AvgIpc) is 2.75. The molecule has 1 aliphatic rings. The molecule has 94 valence electrons. The molecular formula is C10H16N4O3. The van der Waals surface area contributed by atoms with Crippen LogP contribution in [0.2, 0.25) is 0 Å². The predicted molar refractivity (Wildman–Crippen MR) is 62.3 cm³/mol. The van der Waals surface area contributed by atoms with Crippen LogP contribution in [0, 0.1) is 10.1 Å². The Morgan fingerprint density at radius 1 is 1.47 bits per heavy atom. The van der Waals surface area contributed by atoms with Crippen molar-refractivity contribution in [3.63, 3.8) is 0 Å². The van der Waals surface area contributed by atoms with E-state index in [1.807, 2.05) is 18.7 Å². The molecule has 0 bridgehead atoms. The molecule has 1 fully saturated rings. The Bertz CT molecular complexity index is 410. The first-order chi connectivity index (χ1) is 8.09. The molecule has 0 saturated carbocycles. The van der Waals surface area contributed by atoms with E-state index >= 15 is 0 Å². The summed E-state index contributed by atoms with van der Waals surface area (Å²) in [5.74, 6) is 0.451.